The third-order valence-corrected chi connectivity index (χ3v) is 4.57. The van der Waals surface area contributed by atoms with Crippen LogP contribution in [0.5, 0.6) is 5.88 Å². The highest BCUT2D eigenvalue weighted by Gasteiger charge is 2.19. The van der Waals surface area contributed by atoms with Gasteiger partial charge in [-0.3, -0.25) is 4.90 Å². The van der Waals surface area contributed by atoms with Crippen molar-refractivity contribution in [3.05, 3.63) is 42.0 Å². The zero-order valence-corrected chi connectivity index (χ0v) is 14.5. The van der Waals surface area contributed by atoms with Crippen LogP contribution in [0, 0.1) is 6.92 Å². The summed E-state index contributed by atoms with van der Waals surface area (Å²) in [5.41, 5.74) is 3.01. The molecule has 1 aliphatic heterocycles. The fourth-order valence-electron chi connectivity index (χ4n) is 3.26. The standard InChI is InChI=1S/C18H21N5O2/c1-13-9-15(25-21-13)11-22-5-7-23(8-6-22)14-3-4-17-16(10-14)18(24-2)20-12-19-17/h3-4,9-10,12H,5-8,11H2,1-2H3. The third-order valence-electron chi connectivity index (χ3n) is 4.57. The van der Waals surface area contributed by atoms with E-state index in [1.807, 2.05) is 19.1 Å². The van der Waals surface area contributed by atoms with Gasteiger partial charge in [0.1, 0.15) is 6.33 Å². The van der Waals surface area contributed by atoms with E-state index in [0.29, 0.717) is 5.88 Å². The summed E-state index contributed by atoms with van der Waals surface area (Å²) < 4.78 is 10.7. The molecule has 0 radical (unpaired) electrons. The average molecular weight is 339 g/mol. The zero-order valence-electron chi connectivity index (χ0n) is 14.5. The van der Waals surface area contributed by atoms with E-state index < -0.39 is 0 Å². The van der Waals surface area contributed by atoms with Crippen molar-refractivity contribution in [2.24, 2.45) is 0 Å². The Bertz CT molecular complexity index is 871. The molecule has 130 valence electrons. The molecule has 7 heteroatoms. The van der Waals surface area contributed by atoms with E-state index in [0.717, 1.165) is 55.1 Å². The molecule has 2 aromatic heterocycles. The fraction of sp³-hybridized carbons (Fsp3) is 0.389. The minimum atomic E-state index is 0.617. The van der Waals surface area contributed by atoms with E-state index in [-0.39, 0.29) is 0 Å². The molecule has 0 saturated carbocycles. The fourth-order valence-corrected chi connectivity index (χ4v) is 3.26. The lowest BCUT2D eigenvalue weighted by molar-refractivity contribution is 0.219. The number of hydrogen-bond donors (Lipinski definition) is 0. The average Bonchev–Trinajstić information content (AvgIpc) is 3.06. The van der Waals surface area contributed by atoms with Gasteiger partial charge in [0.15, 0.2) is 5.76 Å². The molecule has 1 fully saturated rings. The van der Waals surface area contributed by atoms with Crippen LogP contribution in [0.15, 0.2) is 35.1 Å². The van der Waals surface area contributed by atoms with Crippen molar-refractivity contribution in [1.29, 1.82) is 0 Å². The van der Waals surface area contributed by atoms with E-state index in [1.54, 1.807) is 7.11 Å². The SMILES string of the molecule is COc1ncnc2ccc(N3CCN(Cc4cc(C)no4)CC3)cc12. The quantitative estimate of drug-likeness (QED) is 0.722. The van der Waals surface area contributed by atoms with Gasteiger partial charge in [-0.05, 0) is 25.1 Å². The predicted octanol–water partition coefficient (Wildman–Crippen LogP) is 2.26. The van der Waals surface area contributed by atoms with Crippen molar-refractivity contribution in [3.63, 3.8) is 0 Å². The summed E-state index contributed by atoms with van der Waals surface area (Å²) in [5, 5.41) is 4.90. The van der Waals surface area contributed by atoms with Gasteiger partial charge in [-0.1, -0.05) is 5.16 Å². The summed E-state index contributed by atoms with van der Waals surface area (Å²) in [5.74, 6) is 1.55. The molecular weight excluding hydrogens is 318 g/mol. The lowest BCUT2D eigenvalue weighted by Crippen LogP contribution is -2.45. The van der Waals surface area contributed by atoms with Crippen LogP contribution in [-0.4, -0.2) is 53.3 Å². The number of aryl methyl sites for hydroxylation is 1. The van der Waals surface area contributed by atoms with Crippen LogP contribution in [0.3, 0.4) is 0 Å². The number of ether oxygens (including phenoxy) is 1. The number of methoxy groups -OCH3 is 1. The molecule has 0 bridgehead atoms. The second-order valence-electron chi connectivity index (χ2n) is 6.28. The highest BCUT2D eigenvalue weighted by Crippen LogP contribution is 2.27. The number of anilines is 1. The number of rotatable bonds is 4. The molecule has 7 nitrogen and oxygen atoms in total. The molecule has 0 unspecified atom stereocenters. The number of fused-ring (bicyclic) bond motifs is 1. The van der Waals surface area contributed by atoms with Gasteiger partial charge < -0.3 is 14.2 Å². The molecule has 3 aromatic rings. The second kappa shape index (κ2) is 6.68. The maximum absolute atomic E-state index is 5.36. The largest absolute Gasteiger partial charge is 0.480 e. The molecule has 0 amide bonds. The first-order valence-corrected chi connectivity index (χ1v) is 8.41. The molecule has 25 heavy (non-hydrogen) atoms. The molecule has 1 aromatic carbocycles. The highest BCUT2D eigenvalue weighted by molar-refractivity contribution is 5.86. The maximum atomic E-state index is 5.36. The van der Waals surface area contributed by atoms with Crippen LogP contribution in [0.25, 0.3) is 10.9 Å². The first kappa shape index (κ1) is 15.8. The Labute approximate surface area is 146 Å². The Morgan fingerprint density at radius 1 is 1.12 bits per heavy atom. The van der Waals surface area contributed by atoms with E-state index in [9.17, 15) is 0 Å². The Balaban J connectivity index is 1.46. The summed E-state index contributed by atoms with van der Waals surface area (Å²) in [7, 11) is 1.64. The molecule has 4 rings (SSSR count). The Hall–Kier alpha value is -2.67. The summed E-state index contributed by atoms with van der Waals surface area (Å²) >= 11 is 0. The first-order chi connectivity index (χ1) is 12.2. The topological polar surface area (TPSA) is 67.5 Å². The molecule has 0 atom stereocenters. The zero-order chi connectivity index (χ0) is 17.2. The Kier molecular flexibility index (Phi) is 4.23. The van der Waals surface area contributed by atoms with Crippen LogP contribution in [0.4, 0.5) is 5.69 Å². The second-order valence-corrected chi connectivity index (χ2v) is 6.28. The minimum Gasteiger partial charge on any atom is -0.480 e. The van der Waals surface area contributed by atoms with Gasteiger partial charge in [-0.25, -0.2) is 9.97 Å². The van der Waals surface area contributed by atoms with E-state index in [1.165, 1.54) is 12.0 Å². The summed E-state index contributed by atoms with van der Waals surface area (Å²) in [4.78, 5) is 13.3. The van der Waals surface area contributed by atoms with E-state index in [4.69, 9.17) is 9.26 Å². The van der Waals surface area contributed by atoms with Crippen LogP contribution in [0.1, 0.15) is 11.5 Å². The maximum Gasteiger partial charge on any atom is 0.224 e. The molecule has 1 aliphatic rings. The van der Waals surface area contributed by atoms with Gasteiger partial charge >= 0.3 is 0 Å². The summed E-state index contributed by atoms with van der Waals surface area (Å²) in [6.45, 7) is 6.67. The lowest BCUT2D eigenvalue weighted by atomic mass is 10.2. The van der Waals surface area contributed by atoms with Crippen molar-refractivity contribution < 1.29 is 9.26 Å². The number of aromatic nitrogens is 3. The minimum absolute atomic E-state index is 0.617. The van der Waals surface area contributed by atoms with Crippen molar-refractivity contribution in [1.82, 2.24) is 20.0 Å². The molecule has 1 saturated heterocycles. The third kappa shape index (κ3) is 3.28. The van der Waals surface area contributed by atoms with Gasteiger partial charge in [0, 0.05) is 37.9 Å². The van der Waals surface area contributed by atoms with Gasteiger partial charge in [-0.2, -0.15) is 0 Å². The van der Waals surface area contributed by atoms with Gasteiger partial charge in [0.2, 0.25) is 5.88 Å². The smallest absolute Gasteiger partial charge is 0.224 e. The molecule has 3 heterocycles. The number of piperazine rings is 1. The van der Waals surface area contributed by atoms with E-state index in [2.05, 4.69) is 37.1 Å². The van der Waals surface area contributed by atoms with E-state index >= 15 is 0 Å². The van der Waals surface area contributed by atoms with Gasteiger partial charge in [0.25, 0.3) is 0 Å². The van der Waals surface area contributed by atoms with Crippen LogP contribution < -0.4 is 9.64 Å². The lowest BCUT2D eigenvalue weighted by Gasteiger charge is -2.35. The predicted molar refractivity (Wildman–Crippen MR) is 94.8 cm³/mol. The van der Waals surface area contributed by atoms with Crippen LogP contribution in [0.2, 0.25) is 0 Å². The molecule has 0 aliphatic carbocycles. The number of benzene rings is 1. The molecular formula is C18H21N5O2. The van der Waals surface area contributed by atoms with Gasteiger partial charge in [-0.15, -0.1) is 0 Å². The Morgan fingerprint density at radius 3 is 2.68 bits per heavy atom. The monoisotopic (exact) mass is 339 g/mol. The van der Waals surface area contributed by atoms with Crippen molar-refractivity contribution in [2.45, 2.75) is 13.5 Å². The number of nitrogens with zero attached hydrogens (tertiary/aromatic N) is 5. The molecule has 0 N–H and O–H groups in total. The molecule has 0 spiro atoms. The van der Waals surface area contributed by atoms with Crippen LogP contribution in [-0.2, 0) is 6.54 Å². The Morgan fingerprint density at radius 2 is 1.96 bits per heavy atom. The first-order valence-electron chi connectivity index (χ1n) is 8.41. The highest BCUT2D eigenvalue weighted by atomic mass is 16.5. The normalized spacial score (nSPS) is 15.7. The van der Waals surface area contributed by atoms with Crippen molar-refractivity contribution in [3.8, 4) is 5.88 Å². The number of hydrogen-bond acceptors (Lipinski definition) is 7. The van der Waals surface area contributed by atoms with Crippen LogP contribution >= 0.6 is 0 Å². The van der Waals surface area contributed by atoms with Gasteiger partial charge in [0.05, 0.1) is 30.3 Å². The van der Waals surface area contributed by atoms with Crippen molar-refractivity contribution >= 4 is 16.6 Å². The van der Waals surface area contributed by atoms with Crippen molar-refractivity contribution in [2.75, 3.05) is 38.2 Å². The summed E-state index contributed by atoms with van der Waals surface area (Å²) in [6, 6.07) is 8.26. The summed E-state index contributed by atoms with van der Waals surface area (Å²) in [6.07, 6.45) is 1.53.